The topological polar surface area (TPSA) is 92.5 Å². The van der Waals surface area contributed by atoms with Crippen molar-refractivity contribution in [3.63, 3.8) is 0 Å². The van der Waals surface area contributed by atoms with Gasteiger partial charge in [-0.15, -0.1) is 11.8 Å². The molecule has 0 bridgehead atoms. The van der Waals surface area contributed by atoms with Gasteiger partial charge in [-0.25, -0.2) is 9.97 Å². The number of nitro groups is 1. The summed E-state index contributed by atoms with van der Waals surface area (Å²) in [6.07, 6.45) is 3.42. The predicted octanol–water partition coefficient (Wildman–Crippen LogP) is 2.21. The summed E-state index contributed by atoms with van der Waals surface area (Å²) < 4.78 is 0. The molecule has 1 aromatic carbocycles. The van der Waals surface area contributed by atoms with E-state index >= 15 is 0 Å². The quantitative estimate of drug-likeness (QED) is 0.451. The SMILES string of the molecule is C[C@@H](Sc1ccc([N+](=O)[O-])cc1)C(=O)N1CCN(c2ncccn2)CC1. The summed E-state index contributed by atoms with van der Waals surface area (Å²) in [7, 11) is 0. The van der Waals surface area contributed by atoms with Gasteiger partial charge in [0.15, 0.2) is 0 Å². The number of hydrogen-bond acceptors (Lipinski definition) is 7. The standard InChI is InChI=1S/C17H19N5O3S/c1-13(26-15-5-3-14(4-6-15)22(24)25)16(23)20-9-11-21(12-10-20)17-18-7-2-8-19-17/h2-8,13H,9-12H2,1H3/t13-/m1/s1. The molecule has 1 atom stereocenters. The zero-order valence-electron chi connectivity index (χ0n) is 14.3. The fourth-order valence-corrected chi connectivity index (χ4v) is 3.69. The van der Waals surface area contributed by atoms with Crippen molar-refractivity contribution in [2.45, 2.75) is 17.1 Å². The van der Waals surface area contributed by atoms with Crippen molar-refractivity contribution in [2.75, 3.05) is 31.1 Å². The van der Waals surface area contributed by atoms with Gasteiger partial charge in [0.25, 0.3) is 5.69 Å². The summed E-state index contributed by atoms with van der Waals surface area (Å²) in [5.74, 6) is 0.759. The first-order valence-electron chi connectivity index (χ1n) is 8.26. The molecule has 0 saturated carbocycles. The van der Waals surface area contributed by atoms with Crippen LogP contribution in [0.25, 0.3) is 0 Å². The number of nitrogens with zero attached hydrogens (tertiary/aromatic N) is 5. The highest BCUT2D eigenvalue weighted by Crippen LogP contribution is 2.26. The van der Waals surface area contributed by atoms with Crippen LogP contribution in [0.4, 0.5) is 11.6 Å². The number of aromatic nitrogens is 2. The number of non-ortho nitro benzene ring substituents is 1. The van der Waals surface area contributed by atoms with Gasteiger partial charge in [-0.05, 0) is 25.1 Å². The number of nitro benzene ring substituents is 1. The number of piperazine rings is 1. The van der Waals surface area contributed by atoms with Gasteiger partial charge >= 0.3 is 0 Å². The molecule has 1 amide bonds. The largest absolute Gasteiger partial charge is 0.338 e. The van der Waals surface area contributed by atoms with Crippen molar-refractivity contribution in [1.82, 2.24) is 14.9 Å². The lowest BCUT2D eigenvalue weighted by Gasteiger charge is -2.35. The van der Waals surface area contributed by atoms with Gasteiger partial charge in [-0.3, -0.25) is 14.9 Å². The van der Waals surface area contributed by atoms with Crippen molar-refractivity contribution >= 4 is 29.3 Å². The van der Waals surface area contributed by atoms with E-state index < -0.39 is 4.92 Å². The number of amides is 1. The minimum Gasteiger partial charge on any atom is -0.338 e. The van der Waals surface area contributed by atoms with Crippen molar-refractivity contribution in [1.29, 1.82) is 0 Å². The minimum atomic E-state index is -0.432. The summed E-state index contributed by atoms with van der Waals surface area (Å²) in [5.41, 5.74) is 0.0487. The molecule has 0 spiro atoms. The molecule has 26 heavy (non-hydrogen) atoms. The lowest BCUT2D eigenvalue weighted by atomic mass is 10.3. The highest BCUT2D eigenvalue weighted by molar-refractivity contribution is 8.00. The Kier molecular flexibility index (Phi) is 5.67. The third-order valence-corrected chi connectivity index (χ3v) is 5.23. The predicted molar refractivity (Wildman–Crippen MR) is 99.2 cm³/mol. The second kappa shape index (κ2) is 8.13. The van der Waals surface area contributed by atoms with Crippen LogP contribution in [0.2, 0.25) is 0 Å². The van der Waals surface area contributed by atoms with Crippen molar-refractivity contribution < 1.29 is 9.72 Å². The Balaban J connectivity index is 1.53. The number of hydrogen-bond donors (Lipinski definition) is 0. The van der Waals surface area contributed by atoms with E-state index in [-0.39, 0.29) is 16.8 Å². The Bertz CT molecular complexity index is 764. The molecular formula is C17H19N5O3S. The fourth-order valence-electron chi connectivity index (χ4n) is 2.74. The summed E-state index contributed by atoms with van der Waals surface area (Å²) in [4.78, 5) is 36.2. The maximum atomic E-state index is 12.7. The van der Waals surface area contributed by atoms with Gasteiger partial charge in [-0.2, -0.15) is 0 Å². The molecule has 1 saturated heterocycles. The van der Waals surface area contributed by atoms with Crippen molar-refractivity contribution in [2.24, 2.45) is 0 Å². The van der Waals surface area contributed by atoms with E-state index in [0.29, 0.717) is 32.1 Å². The molecule has 1 fully saturated rings. The third kappa shape index (κ3) is 4.29. The number of rotatable bonds is 5. The fraction of sp³-hybridized carbons (Fsp3) is 0.353. The zero-order valence-corrected chi connectivity index (χ0v) is 15.1. The zero-order chi connectivity index (χ0) is 18.5. The number of anilines is 1. The van der Waals surface area contributed by atoms with Crippen LogP contribution in [0.1, 0.15) is 6.92 Å². The van der Waals surface area contributed by atoms with Gasteiger partial charge in [0.2, 0.25) is 11.9 Å². The molecule has 1 aromatic heterocycles. The molecule has 9 heteroatoms. The van der Waals surface area contributed by atoms with Crippen LogP contribution >= 0.6 is 11.8 Å². The van der Waals surface area contributed by atoms with Crippen LogP contribution in [-0.4, -0.2) is 57.1 Å². The first kappa shape index (κ1) is 18.1. The van der Waals surface area contributed by atoms with Crippen LogP contribution in [0.5, 0.6) is 0 Å². The van der Waals surface area contributed by atoms with Gasteiger partial charge in [-0.1, -0.05) is 0 Å². The number of carbonyl (C=O) groups is 1. The first-order chi connectivity index (χ1) is 12.5. The molecule has 1 aliphatic rings. The number of benzene rings is 1. The lowest BCUT2D eigenvalue weighted by Crippen LogP contribution is -2.51. The second-order valence-corrected chi connectivity index (χ2v) is 7.29. The summed E-state index contributed by atoms with van der Waals surface area (Å²) in [5, 5.41) is 10.4. The molecule has 0 radical (unpaired) electrons. The molecule has 136 valence electrons. The molecule has 0 unspecified atom stereocenters. The average molecular weight is 373 g/mol. The highest BCUT2D eigenvalue weighted by atomic mass is 32.2. The maximum Gasteiger partial charge on any atom is 0.269 e. The Morgan fingerprint density at radius 2 is 1.77 bits per heavy atom. The molecule has 3 rings (SSSR count). The average Bonchev–Trinajstić information content (AvgIpc) is 2.68. The Morgan fingerprint density at radius 3 is 2.35 bits per heavy atom. The normalized spacial score (nSPS) is 15.6. The molecule has 8 nitrogen and oxygen atoms in total. The number of thioether (sulfide) groups is 1. The second-order valence-electron chi connectivity index (χ2n) is 5.87. The van der Waals surface area contributed by atoms with Crippen molar-refractivity contribution in [3.05, 3.63) is 52.8 Å². The molecule has 2 heterocycles. The molecule has 0 N–H and O–H groups in total. The number of carbonyl (C=O) groups excluding carboxylic acids is 1. The van der Waals surface area contributed by atoms with Crippen LogP contribution in [0.15, 0.2) is 47.6 Å². The van der Waals surface area contributed by atoms with Crippen LogP contribution < -0.4 is 4.90 Å². The minimum absolute atomic E-state index is 0.0487. The smallest absolute Gasteiger partial charge is 0.269 e. The summed E-state index contributed by atoms with van der Waals surface area (Å²) >= 11 is 1.41. The molecule has 0 aliphatic carbocycles. The van der Waals surface area contributed by atoms with E-state index in [1.54, 1.807) is 30.6 Å². The first-order valence-corrected chi connectivity index (χ1v) is 9.14. The van der Waals surface area contributed by atoms with E-state index in [4.69, 9.17) is 0 Å². The molecule has 1 aliphatic heterocycles. The van der Waals surface area contributed by atoms with Gasteiger partial charge in [0, 0.05) is 55.6 Å². The van der Waals surface area contributed by atoms with Gasteiger partial charge in [0.05, 0.1) is 10.2 Å². The van der Waals surface area contributed by atoms with E-state index in [9.17, 15) is 14.9 Å². The summed E-state index contributed by atoms with van der Waals surface area (Å²) in [6, 6.07) is 8.05. The summed E-state index contributed by atoms with van der Waals surface area (Å²) in [6.45, 7) is 4.51. The van der Waals surface area contributed by atoms with E-state index in [1.165, 1.54) is 23.9 Å². The maximum absolute atomic E-state index is 12.7. The lowest BCUT2D eigenvalue weighted by molar-refractivity contribution is -0.384. The molecular weight excluding hydrogens is 354 g/mol. The van der Waals surface area contributed by atoms with Crippen LogP contribution in [0, 0.1) is 10.1 Å². The Morgan fingerprint density at radius 1 is 1.15 bits per heavy atom. The Hall–Kier alpha value is -2.68. The highest BCUT2D eigenvalue weighted by Gasteiger charge is 2.26. The van der Waals surface area contributed by atoms with Crippen LogP contribution in [-0.2, 0) is 4.79 Å². The molecule has 2 aromatic rings. The van der Waals surface area contributed by atoms with Gasteiger partial charge in [0.1, 0.15) is 0 Å². The monoisotopic (exact) mass is 373 g/mol. The van der Waals surface area contributed by atoms with E-state index in [0.717, 1.165) is 4.90 Å². The van der Waals surface area contributed by atoms with Crippen LogP contribution in [0.3, 0.4) is 0 Å². The third-order valence-electron chi connectivity index (χ3n) is 4.13. The Labute approximate surface area is 155 Å². The van der Waals surface area contributed by atoms with Crippen molar-refractivity contribution in [3.8, 4) is 0 Å². The van der Waals surface area contributed by atoms with E-state index in [2.05, 4.69) is 14.9 Å². The van der Waals surface area contributed by atoms with Gasteiger partial charge < -0.3 is 9.80 Å². The van der Waals surface area contributed by atoms with E-state index in [1.807, 2.05) is 11.8 Å².